The highest BCUT2D eigenvalue weighted by Gasteiger charge is 2.26. The van der Waals surface area contributed by atoms with Crippen molar-refractivity contribution in [3.8, 4) is 0 Å². The number of halogens is 3. The van der Waals surface area contributed by atoms with Gasteiger partial charge in [0, 0.05) is 25.7 Å². The summed E-state index contributed by atoms with van der Waals surface area (Å²) in [6.45, 7) is 2.74. The summed E-state index contributed by atoms with van der Waals surface area (Å²) < 4.78 is 13.3. The van der Waals surface area contributed by atoms with E-state index in [2.05, 4.69) is 10.2 Å². The molecule has 2 aromatic rings. The molecular formula is C21H28Cl2FN3O. The summed E-state index contributed by atoms with van der Waals surface area (Å²) >= 11 is 0. The second-order valence-corrected chi connectivity index (χ2v) is 6.97. The Kier molecular flexibility index (Phi) is 10.5. The minimum atomic E-state index is -0.219. The lowest BCUT2D eigenvalue weighted by Gasteiger charge is -2.32. The van der Waals surface area contributed by atoms with Crippen LogP contribution in [0, 0.1) is 11.7 Å². The van der Waals surface area contributed by atoms with Gasteiger partial charge in [-0.15, -0.1) is 24.8 Å². The van der Waals surface area contributed by atoms with Gasteiger partial charge in [0.25, 0.3) is 0 Å². The van der Waals surface area contributed by atoms with Crippen LogP contribution < -0.4 is 11.1 Å². The fourth-order valence-electron chi connectivity index (χ4n) is 3.48. The monoisotopic (exact) mass is 427 g/mol. The molecule has 0 aromatic heterocycles. The van der Waals surface area contributed by atoms with Crippen LogP contribution in [0.25, 0.3) is 0 Å². The number of hydrogen-bond acceptors (Lipinski definition) is 3. The van der Waals surface area contributed by atoms with Crippen molar-refractivity contribution < 1.29 is 9.18 Å². The molecule has 3 N–H and O–H groups in total. The van der Waals surface area contributed by atoms with E-state index in [9.17, 15) is 9.18 Å². The molecule has 2 aromatic carbocycles. The number of carbonyl (C=O) groups is 1. The molecule has 1 aliphatic rings. The van der Waals surface area contributed by atoms with E-state index >= 15 is 0 Å². The van der Waals surface area contributed by atoms with Gasteiger partial charge in [0.15, 0.2) is 0 Å². The van der Waals surface area contributed by atoms with Crippen LogP contribution >= 0.6 is 24.8 Å². The fraction of sp³-hybridized carbons (Fsp3) is 0.381. The summed E-state index contributed by atoms with van der Waals surface area (Å²) in [5, 5.41) is 2.99. The summed E-state index contributed by atoms with van der Waals surface area (Å²) in [6, 6.07) is 16.2. The van der Waals surface area contributed by atoms with Crippen LogP contribution in [-0.4, -0.2) is 30.4 Å². The normalized spacial score (nSPS) is 17.7. The predicted molar refractivity (Wildman–Crippen MR) is 115 cm³/mol. The van der Waals surface area contributed by atoms with Crippen LogP contribution in [0.15, 0.2) is 54.6 Å². The zero-order chi connectivity index (χ0) is 18.4. The molecule has 154 valence electrons. The highest BCUT2D eigenvalue weighted by Crippen LogP contribution is 2.19. The number of nitrogens with one attached hydrogen (secondary N) is 1. The molecular weight excluding hydrogens is 400 g/mol. The third kappa shape index (κ3) is 7.06. The second kappa shape index (κ2) is 12.0. The first-order valence-corrected chi connectivity index (χ1v) is 9.17. The van der Waals surface area contributed by atoms with Crippen molar-refractivity contribution in [3.63, 3.8) is 0 Å². The molecule has 2 unspecified atom stereocenters. The zero-order valence-corrected chi connectivity index (χ0v) is 17.4. The van der Waals surface area contributed by atoms with Crippen molar-refractivity contribution in [2.45, 2.75) is 25.4 Å². The van der Waals surface area contributed by atoms with Gasteiger partial charge in [-0.05, 0) is 42.6 Å². The quantitative estimate of drug-likeness (QED) is 0.738. The van der Waals surface area contributed by atoms with Crippen molar-refractivity contribution in [2.75, 3.05) is 19.6 Å². The first kappa shape index (κ1) is 24.4. The molecule has 28 heavy (non-hydrogen) atoms. The van der Waals surface area contributed by atoms with Crippen LogP contribution in [0.2, 0.25) is 0 Å². The molecule has 7 heteroatoms. The Balaban J connectivity index is 0.00000196. The minimum Gasteiger partial charge on any atom is -0.354 e. The molecule has 0 bridgehead atoms. The maximum atomic E-state index is 13.3. The van der Waals surface area contributed by atoms with E-state index in [0.29, 0.717) is 19.6 Å². The average Bonchev–Trinajstić information content (AvgIpc) is 2.67. The van der Waals surface area contributed by atoms with Gasteiger partial charge in [0.1, 0.15) is 5.82 Å². The highest BCUT2D eigenvalue weighted by molar-refractivity contribution is 5.85. The molecule has 1 aliphatic heterocycles. The number of nitrogens with two attached hydrogens (primary N) is 1. The third-order valence-corrected chi connectivity index (χ3v) is 4.90. The summed E-state index contributed by atoms with van der Waals surface area (Å²) in [4.78, 5) is 14.8. The number of nitrogens with zero attached hydrogens (tertiary/aromatic N) is 1. The lowest BCUT2D eigenvalue weighted by atomic mass is 9.96. The average molecular weight is 428 g/mol. The molecule has 0 spiro atoms. The van der Waals surface area contributed by atoms with Crippen molar-refractivity contribution in [2.24, 2.45) is 11.7 Å². The Morgan fingerprint density at radius 2 is 1.93 bits per heavy atom. The highest BCUT2D eigenvalue weighted by atomic mass is 35.5. The number of amides is 1. The summed E-state index contributed by atoms with van der Waals surface area (Å²) in [7, 11) is 0. The van der Waals surface area contributed by atoms with Crippen LogP contribution in [-0.2, 0) is 11.3 Å². The van der Waals surface area contributed by atoms with E-state index in [1.807, 2.05) is 36.4 Å². The molecule has 0 aliphatic carbocycles. The van der Waals surface area contributed by atoms with Gasteiger partial charge in [0.2, 0.25) is 5.91 Å². The zero-order valence-electron chi connectivity index (χ0n) is 15.7. The maximum absolute atomic E-state index is 13.3. The number of hydrogen-bond donors (Lipinski definition) is 2. The summed E-state index contributed by atoms with van der Waals surface area (Å²) in [5.74, 6) is -0.204. The molecule has 2 atom stereocenters. The van der Waals surface area contributed by atoms with Crippen molar-refractivity contribution >= 4 is 30.7 Å². The lowest BCUT2D eigenvalue weighted by Crippen LogP contribution is -2.44. The standard InChI is InChI=1S/C21H26FN3O.2ClH/c22-19-10-4-6-16(12-19)14-25-11-5-9-18(15-25)21(26)24-13-20(23)17-7-2-1-3-8-17;;/h1-4,6-8,10,12,18,20H,5,9,11,13-15,23H2,(H,24,26);2*1H. The molecule has 0 radical (unpaired) electrons. The Morgan fingerprint density at radius 1 is 1.18 bits per heavy atom. The SMILES string of the molecule is Cl.Cl.NC(CNC(=O)C1CCCN(Cc2cccc(F)c2)C1)c1ccccc1. The fourth-order valence-corrected chi connectivity index (χ4v) is 3.48. The van der Waals surface area contributed by atoms with E-state index in [-0.39, 0.29) is 48.5 Å². The van der Waals surface area contributed by atoms with E-state index in [0.717, 1.165) is 30.5 Å². The van der Waals surface area contributed by atoms with Crippen molar-refractivity contribution in [3.05, 3.63) is 71.5 Å². The minimum absolute atomic E-state index is 0. The largest absolute Gasteiger partial charge is 0.354 e. The lowest BCUT2D eigenvalue weighted by molar-refractivity contribution is -0.126. The topological polar surface area (TPSA) is 58.4 Å². The van der Waals surface area contributed by atoms with E-state index in [1.54, 1.807) is 12.1 Å². The summed E-state index contributed by atoms with van der Waals surface area (Å²) in [5.41, 5.74) is 8.12. The number of carbonyl (C=O) groups excluding carboxylic acids is 1. The van der Waals surface area contributed by atoms with Gasteiger partial charge in [0.05, 0.1) is 5.92 Å². The molecule has 1 fully saturated rings. The third-order valence-electron chi connectivity index (χ3n) is 4.90. The molecule has 1 heterocycles. The van der Waals surface area contributed by atoms with Crippen LogP contribution in [0.1, 0.15) is 30.0 Å². The van der Waals surface area contributed by atoms with Crippen molar-refractivity contribution in [1.82, 2.24) is 10.2 Å². The van der Waals surface area contributed by atoms with Gasteiger partial charge >= 0.3 is 0 Å². The first-order chi connectivity index (χ1) is 12.6. The smallest absolute Gasteiger partial charge is 0.224 e. The number of benzene rings is 2. The Labute approximate surface area is 178 Å². The number of rotatable bonds is 6. The molecule has 1 saturated heterocycles. The molecule has 0 saturated carbocycles. The molecule has 3 rings (SSSR count). The Morgan fingerprint density at radius 3 is 2.64 bits per heavy atom. The maximum Gasteiger partial charge on any atom is 0.224 e. The summed E-state index contributed by atoms with van der Waals surface area (Å²) in [6.07, 6.45) is 1.85. The van der Waals surface area contributed by atoms with Crippen LogP contribution in [0.3, 0.4) is 0 Å². The Bertz CT molecular complexity index is 733. The van der Waals surface area contributed by atoms with Gasteiger partial charge < -0.3 is 11.1 Å². The first-order valence-electron chi connectivity index (χ1n) is 9.17. The molecule has 4 nitrogen and oxygen atoms in total. The van der Waals surface area contributed by atoms with E-state index in [1.165, 1.54) is 6.07 Å². The number of likely N-dealkylation sites (tertiary alicyclic amines) is 1. The van der Waals surface area contributed by atoms with E-state index < -0.39 is 0 Å². The predicted octanol–water partition coefficient (Wildman–Crippen LogP) is 3.70. The number of piperidine rings is 1. The Hall–Kier alpha value is -1.66. The van der Waals surface area contributed by atoms with E-state index in [4.69, 9.17) is 5.73 Å². The van der Waals surface area contributed by atoms with Crippen LogP contribution in [0.5, 0.6) is 0 Å². The van der Waals surface area contributed by atoms with Crippen LogP contribution in [0.4, 0.5) is 4.39 Å². The van der Waals surface area contributed by atoms with Crippen molar-refractivity contribution in [1.29, 1.82) is 0 Å². The van der Waals surface area contributed by atoms with Gasteiger partial charge in [-0.1, -0.05) is 42.5 Å². The van der Waals surface area contributed by atoms with Gasteiger partial charge in [-0.3, -0.25) is 9.69 Å². The van der Waals surface area contributed by atoms with Gasteiger partial charge in [-0.2, -0.15) is 0 Å². The van der Waals surface area contributed by atoms with Gasteiger partial charge in [-0.25, -0.2) is 4.39 Å². The second-order valence-electron chi connectivity index (χ2n) is 6.97. The molecule has 1 amide bonds.